The number of carbonyl (C=O) groups is 1. The Hall–Kier alpha value is -2.72. The van der Waals surface area contributed by atoms with Crippen molar-refractivity contribution in [1.82, 2.24) is 4.98 Å². The van der Waals surface area contributed by atoms with Crippen LogP contribution in [-0.4, -0.2) is 30.9 Å². The van der Waals surface area contributed by atoms with E-state index in [0.29, 0.717) is 27.8 Å². The van der Waals surface area contributed by atoms with Gasteiger partial charge in [0.05, 0.1) is 31.2 Å². The molecule has 1 aromatic carbocycles. The first-order valence-electron chi connectivity index (χ1n) is 7.93. The number of rotatable bonds is 6. The van der Waals surface area contributed by atoms with E-state index in [-0.39, 0.29) is 11.7 Å². The number of pyridine rings is 1. The zero-order chi connectivity index (χ0) is 19.3. The first kappa shape index (κ1) is 19.6. The molecule has 1 heterocycles. The first-order chi connectivity index (χ1) is 12.4. The number of aryl methyl sites for hydroxylation is 1. The van der Waals surface area contributed by atoms with Gasteiger partial charge < -0.3 is 14.8 Å². The molecule has 26 heavy (non-hydrogen) atoms. The van der Waals surface area contributed by atoms with E-state index in [2.05, 4.69) is 16.4 Å². The number of amides is 1. The Morgan fingerprint density at radius 3 is 2.58 bits per heavy atom. The van der Waals surface area contributed by atoms with E-state index in [4.69, 9.17) is 9.47 Å². The minimum atomic E-state index is -0.219. The molecule has 7 heteroatoms. The molecule has 0 fully saturated rings. The molecule has 2 aromatic rings. The second kappa shape index (κ2) is 8.59. The Morgan fingerprint density at radius 2 is 1.96 bits per heavy atom. The molecular formula is C19H21N3O3S. The number of thioether (sulfide) groups is 1. The smallest absolute Gasteiger partial charge is 0.234 e. The van der Waals surface area contributed by atoms with Crippen LogP contribution in [-0.2, 0) is 4.79 Å². The molecule has 0 aliphatic rings. The van der Waals surface area contributed by atoms with Crippen molar-refractivity contribution in [2.45, 2.75) is 25.8 Å². The van der Waals surface area contributed by atoms with Gasteiger partial charge in [0, 0.05) is 11.8 Å². The van der Waals surface area contributed by atoms with E-state index in [0.717, 1.165) is 16.8 Å². The van der Waals surface area contributed by atoms with Gasteiger partial charge in [-0.15, -0.1) is 0 Å². The summed E-state index contributed by atoms with van der Waals surface area (Å²) < 4.78 is 10.4. The van der Waals surface area contributed by atoms with E-state index < -0.39 is 0 Å². The standard InChI is InChI=1S/C19H21N3O3S/c1-11-12(2)15(9-20)19(21-13(11)3)26-10-18(23)22-16-8-14(24-4)6-7-17(16)25-5/h6-8H,10H2,1-5H3,(H,22,23). The van der Waals surface area contributed by atoms with Gasteiger partial charge in [0.2, 0.25) is 5.91 Å². The van der Waals surface area contributed by atoms with Crippen LogP contribution >= 0.6 is 11.8 Å². The second-order valence-corrected chi connectivity index (χ2v) is 6.61. The summed E-state index contributed by atoms with van der Waals surface area (Å²) in [5.74, 6) is 1.07. The summed E-state index contributed by atoms with van der Waals surface area (Å²) in [7, 11) is 3.09. The van der Waals surface area contributed by atoms with Crippen molar-refractivity contribution in [2.24, 2.45) is 0 Å². The molecule has 0 radical (unpaired) electrons. The molecule has 0 spiro atoms. The van der Waals surface area contributed by atoms with Crippen molar-refractivity contribution in [2.75, 3.05) is 25.3 Å². The van der Waals surface area contributed by atoms with Gasteiger partial charge in [-0.3, -0.25) is 4.79 Å². The molecule has 0 saturated carbocycles. The summed E-state index contributed by atoms with van der Waals surface area (Å²) in [6.07, 6.45) is 0. The third-order valence-corrected chi connectivity index (χ3v) is 5.07. The molecule has 1 amide bonds. The lowest BCUT2D eigenvalue weighted by atomic mass is 10.1. The summed E-state index contributed by atoms with van der Waals surface area (Å²) in [5.41, 5.74) is 3.81. The summed E-state index contributed by atoms with van der Waals surface area (Å²) in [5, 5.41) is 12.8. The third kappa shape index (κ3) is 4.27. The molecule has 0 atom stereocenters. The molecule has 0 aliphatic heterocycles. The predicted molar refractivity (Wildman–Crippen MR) is 102 cm³/mol. The maximum absolute atomic E-state index is 12.4. The maximum Gasteiger partial charge on any atom is 0.234 e. The Morgan fingerprint density at radius 1 is 1.23 bits per heavy atom. The van der Waals surface area contributed by atoms with Crippen LogP contribution in [0.25, 0.3) is 0 Å². The van der Waals surface area contributed by atoms with Gasteiger partial charge in [0.25, 0.3) is 0 Å². The number of nitrogens with one attached hydrogen (secondary N) is 1. The normalized spacial score (nSPS) is 10.2. The zero-order valence-electron chi connectivity index (χ0n) is 15.5. The largest absolute Gasteiger partial charge is 0.497 e. The van der Waals surface area contributed by atoms with Gasteiger partial charge >= 0.3 is 0 Å². The fourth-order valence-electron chi connectivity index (χ4n) is 2.38. The number of carbonyl (C=O) groups excluding carboxylic acids is 1. The molecule has 2 rings (SSSR count). The molecule has 1 N–H and O–H groups in total. The van der Waals surface area contributed by atoms with Crippen LogP contribution in [0.15, 0.2) is 23.2 Å². The van der Waals surface area contributed by atoms with Crippen LogP contribution in [0, 0.1) is 32.1 Å². The highest BCUT2D eigenvalue weighted by Crippen LogP contribution is 2.30. The summed E-state index contributed by atoms with van der Waals surface area (Å²) >= 11 is 1.24. The molecule has 0 unspecified atom stereocenters. The van der Waals surface area contributed by atoms with Crippen molar-refractivity contribution >= 4 is 23.4 Å². The van der Waals surface area contributed by atoms with Gasteiger partial charge in [-0.1, -0.05) is 11.8 Å². The lowest BCUT2D eigenvalue weighted by Gasteiger charge is -2.13. The monoisotopic (exact) mass is 371 g/mol. The Balaban J connectivity index is 2.15. The van der Waals surface area contributed by atoms with Crippen molar-refractivity contribution < 1.29 is 14.3 Å². The highest BCUT2D eigenvalue weighted by molar-refractivity contribution is 8.00. The van der Waals surface area contributed by atoms with Gasteiger partial charge in [-0.05, 0) is 44.0 Å². The van der Waals surface area contributed by atoms with Gasteiger partial charge in [-0.25, -0.2) is 4.98 Å². The number of nitrogens with zero attached hydrogens (tertiary/aromatic N) is 2. The van der Waals surface area contributed by atoms with E-state index >= 15 is 0 Å². The minimum absolute atomic E-state index is 0.129. The van der Waals surface area contributed by atoms with E-state index in [9.17, 15) is 10.1 Å². The Kier molecular flexibility index (Phi) is 6.47. The molecule has 0 bridgehead atoms. The van der Waals surface area contributed by atoms with Crippen LogP contribution in [0.5, 0.6) is 11.5 Å². The van der Waals surface area contributed by atoms with E-state index in [1.54, 1.807) is 25.3 Å². The number of aromatic nitrogens is 1. The van der Waals surface area contributed by atoms with Gasteiger partial charge in [-0.2, -0.15) is 5.26 Å². The number of benzene rings is 1. The Labute approximate surface area is 157 Å². The number of nitriles is 1. The van der Waals surface area contributed by atoms with E-state index in [1.165, 1.54) is 18.9 Å². The van der Waals surface area contributed by atoms with Crippen LogP contribution in [0.4, 0.5) is 5.69 Å². The van der Waals surface area contributed by atoms with Crippen LogP contribution in [0.1, 0.15) is 22.4 Å². The van der Waals surface area contributed by atoms with Crippen molar-refractivity contribution in [3.8, 4) is 17.6 Å². The lowest BCUT2D eigenvalue weighted by Crippen LogP contribution is -2.15. The fourth-order valence-corrected chi connectivity index (χ4v) is 3.26. The highest BCUT2D eigenvalue weighted by Gasteiger charge is 2.15. The molecule has 0 saturated heterocycles. The average molecular weight is 371 g/mol. The third-order valence-electron chi connectivity index (χ3n) is 4.10. The number of anilines is 1. The predicted octanol–water partition coefficient (Wildman–Crippen LogP) is 3.63. The van der Waals surface area contributed by atoms with Gasteiger partial charge in [0.1, 0.15) is 22.6 Å². The quantitative estimate of drug-likeness (QED) is 0.781. The van der Waals surface area contributed by atoms with Crippen molar-refractivity contribution in [1.29, 1.82) is 5.26 Å². The lowest BCUT2D eigenvalue weighted by molar-refractivity contribution is -0.113. The number of hydrogen-bond donors (Lipinski definition) is 1. The second-order valence-electron chi connectivity index (χ2n) is 5.64. The first-order valence-corrected chi connectivity index (χ1v) is 8.92. The highest BCUT2D eigenvalue weighted by atomic mass is 32.2. The average Bonchev–Trinajstić information content (AvgIpc) is 2.64. The van der Waals surface area contributed by atoms with Crippen molar-refractivity contribution in [3.63, 3.8) is 0 Å². The molecule has 1 aromatic heterocycles. The van der Waals surface area contributed by atoms with Gasteiger partial charge in [0.15, 0.2) is 0 Å². The molecular weight excluding hydrogens is 350 g/mol. The number of ether oxygens (including phenoxy) is 2. The fraction of sp³-hybridized carbons (Fsp3) is 0.316. The zero-order valence-corrected chi connectivity index (χ0v) is 16.3. The topological polar surface area (TPSA) is 84.2 Å². The SMILES string of the molecule is COc1ccc(OC)c(NC(=O)CSc2nc(C)c(C)c(C)c2C#N)c1. The van der Waals surface area contributed by atoms with E-state index in [1.807, 2.05) is 20.8 Å². The maximum atomic E-state index is 12.4. The summed E-state index contributed by atoms with van der Waals surface area (Å²) in [6.45, 7) is 5.73. The molecule has 0 aliphatic carbocycles. The Bertz CT molecular complexity index is 875. The number of methoxy groups -OCH3 is 2. The van der Waals surface area contributed by atoms with Crippen molar-refractivity contribution in [3.05, 3.63) is 40.6 Å². The molecule has 136 valence electrons. The van der Waals surface area contributed by atoms with Crippen LogP contribution in [0.3, 0.4) is 0 Å². The summed E-state index contributed by atoms with van der Waals surface area (Å²) in [6, 6.07) is 7.36. The minimum Gasteiger partial charge on any atom is -0.497 e. The van der Waals surface area contributed by atoms with Crippen LogP contribution < -0.4 is 14.8 Å². The molecule has 6 nitrogen and oxygen atoms in total. The van der Waals surface area contributed by atoms with Crippen LogP contribution in [0.2, 0.25) is 0 Å². The number of hydrogen-bond acceptors (Lipinski definition) is 6. The summed E-state index contributed by atoms with van der Waals surface area (Å²) in [4.78, 5) is 16.8.